The van der Waals surface area contributed by atoms with E-state index in [-0.39, 0.29) is 0 Å². The minimum atomic E-state index is -1.34. The zero-order chi connectivity index (χ0) is 13.4. The average Bonchev–Trinajstić information content (AvgIpc) is 2.77. The number of hydrogen-bond donors (Lipinski definition) is 1. The Hall–Kier alpha value is -1.65. The third-order valence-electron chi connectivity index (χ3n) is 3.20. The van der Waals surface area contributed by atoms with Gasteiger partial charge < -0.3 is 9.84 Å². The highest BCUT2D eigenvalue weighted by Gasteiger charge is 2.36. The molecule has 1 N–H and O–H groups in total. The molecule has 1 unspecified atom stereocenters. The topological polar surface area (TPSA) is 46.5 Å². The largest absolute Gasteiger partial charge is 0.472 e. The highest BCUT2D eigenvalue weighted by molar-refractivity contribution is 7.86. The number of ether oxygens (including phenoxy) is 1. The summed E-state index contributed by atoms with van der Waals surface area (Å²) in [5.41, 5.74) is 1.10. The molecular formula is C15H14O3S. The Morgan fingerprint density at radius 1 is 1.16 bits per heavy atom. The number of aliphatic hydroxyl groups excluding tert-OH is 1. The molecule has 2 aromatic carbocycles. The van der Waals surface area contributed by atoms with Gasteiger partial charge in [-0.25, -0.2) is 0 Å². The molecule has 0 saturated heterocycles. The highest BCUT2D eigenvalue weighted by Crippen LogP contribution is 2.37. The first kappa shape index (κ1) is 12.4. The summed E-state index contributed by atoms with van der Waals surface area (Å²) in [6.45, 7) is 1.98. The van der Waals surface area contributed by atoms with Gasteiger partial charge >= 0.3 is 0 Å². The molecule has 0 amide bonds. The van der Waals surface area contributed by atoms with E-state index >= 15 is 0 Å². The van der Waals surface area contributed by atoms with E-state index in [1.54, 1.807) is 12.1 Å². The summed E-state index contributed by atoms with van der Waals surface area (Å²) in [6.07, 6.45) is -0.895. The van der Waals surface area contributed by atoms with E-state index in [2.05, 4.69) is 0 Å². The Bertz CT molecular complexity index is 622. The van der Waals surface area contributed by atoms with Crippen LogP contribution in [0, 0.1) is 6.92 Å². The fourth-order valence-electron chi connectivity index (χ4n) is 2.11. The predicted molar refractivity (Wildman–Crippen MR) is 73.4 cm³/mol. The van der Waals surface area contributed by atoms with E-state index in [0.717, 1.165) is 11.1 Å². The molecule has 3 rings (SSSR count). The number of aliphatic hydroxyl groups is 1. The molecule has 1 heterocycles. The summed E-state index contributed by atoms with van der Waals surface area (Å²) in [7, 11) is -1.34. The summed E-state index contributed by atoms with van der Waals surface area (Å²) < 4.78 is 17.9. The van der Waals surface area contributed by atoms with Gasteiger partial charge in [0.25, 0.3) is 0 Å². The van der Waals surface area contributed by atoms with E-state index in [1.807, 2.05) is 43.3 Å². The van der Waals surface area contributed by atoms with Gasteiger partial charge in [0.15, 0.2) is 0 Å². The normalized spacial score (nSPS) is 22.6. The highest BCUT2D eigenvalue weighted by atomic mass is 32.2. The third kappa shape index (κ3) is 2.17. The van der Waals surface area contributed by atoms with Crippen molar-refractivity contribution in [3.63, 3.8) is 0 Å². The first-order chi connectivity index (χ1) is 9.16. The van der Waals surface area contributed by atoms with Crippen LogP contribution in [0.25, 0.3) is 0 Å². The number of benzene rings is 2. The van der Waals surface area contributed by atoms with Crippen LogP contribution in [-0.4, -0.2) is 14.8 Å². The molecule has 0 fully saturated rings. The third-order valence-corrected chi connectivity index (χ3v) is 4.74. The summed E-state index contributed by atoms with van der Waals surface area (Å²) in [5.74, 6) is 0.594. The molecule has 1 aliphatic rings. The molecule has 3 atom stereocenters. The first-order valence-electron chi connectivity index (χ1n) is 6.08. The van der Waals surface area contributed by atoms with Crippen LogP contribution in [0.15, 0.2) is 53.4 Å². The van der Waals surface area contributed by atoms with Gasteiger partial charge in [-0.15, -0.1) is 0 Å². The number of hydrogen-bond acceptors (Lipinski definition) is 3. The molecule has 98 valence electrons. The fourth-order valence-corrected chi connectivity index (χ4v) is 3.47. The van der Waals surface area contributed by atoms with Gasteiger partial charge in [0, 0.05) is 0 Å². The lowest BCUT2D eigenvalue weighted by Crippen LogP contribution is -2.25. The van der Waals surface area contributed by atoms with E-state index in [9.17, 15) is 9.32 Å². The molecule has 2 aromatic rings. The maximum atomic E-state index is 12.3. The fraction of sp³-hybridized carbons (Fsp3) is 0.200. The smallest absolute Gasteiger partial charge is 0.207 e. The van der Waals surface area contributed by atoms with E-state index in [4.69, 9.17) is 4.74 Å². The Morgan fingerprint density at radius 2 is 1.84 bits per heavy atom. The van der Waals surface area contributed by atoms with Crippen LogP contribution in [0.4, 0.5) is 0 Å². The maximum absolute atomic E-state index is 12.3. The van der Waals surface area contributed by atoms with Crippen LogP contribution in [0.3, 0.4) is 0 Å². The molecular weight excluding hydrogens is 260 g/mol. The molecule has 0 aliphatic carbocycles. The van der Waals surface area contributed by atoms with Gasteiger partial charge in [0.1, 0.15) is 22.7 Å². The van der Waals surface area contributed by atoms with Gasteiger partial charge in [-0.2, -0.15) is 0 Å². The molecule has 0 bridgehead atoms. The quantitative estimate of drug-likeness (QED) is 0.915. The number of para-hydroxylation sites is 1. The second kappa shape index (κ2) is 4.79. The Kier molecular flexibility index (Phi) is 3.12. The lowest BCUT2D eigenvalue weighted by atomic mass is 10.1. The molecule has 0 spiro atoms. The van der Waals surface area contributed by atoms with E-state index < -0.39 is 22.3 Å². The van der Waals surface area contributed by atoms with Crippen molar-refractivity contribution < 1.29 is 14.1 Å². The van der Waals surface area contributed by atoms with Crippen molar-refractivity contribution in [2.24, 2.45) is 0 Å². The Balaban J connectivity index is 1.89. The van der Waals surface area contributed by atoms with Crippen LogP contribution in [-0.2, 0) is 10.8 Å². The van der Waals surface area contributed by atoms with Crippen LogP contribution >= 0.6 is 0 Å². The summed E-state index contributed by atoms with van der Waals surface area (Å²) in [5, 5.41) is 10.3. The van der Waals surface area contributed by atoms with Crippen molar-refractivity contribution in [1.82, 2.24) is 0 Å². The number of rotatable bonds is 2. The number of aryl methyl sites for hydroxylation is 1. The van der Waals surface area contributed by atoms with Gasteiger partial charge in [-0.3, -0.25) is 4.21 Å². The monoisotopic (exact) mass is 274 g/mol. The SMILES string of the molecule is Cc1ccc([C@@H](O)[C@@H]2Oc3ccccc3S2=O)cc1. The van der Waals surface area contributed by atoms with Crippen LogP contribution < -0.4 is 4.74 Å². The predicted octanol–water partition coefficient (Wildman–Crippen LogP) is 2.55. The molecule has 4 heteroatoms. The standard InChI is InChI=1S/C15H14O3S/c1-10-6-8-11(9-7-10)14(16)15-18-12-4-2-3-5-13(12)19(15)17/h2-9,14-16H,1H3/t14-,15-,19?/m1/s1. The van der Waals surface area contributed by atoms with Crippen molar-refractivity contribution in [1.29, 1.82) is 0 Å². The average molecular weight is 274 g/mol. The van der Waals surface area contributed by atoms with Crippen LogP contribution in [0.1, 0.15) is 17.2 Å². The van der Waals surface area contributed by atoms with Crippen LogP contribution in [0.5, 0.6) is 5.75 Å². The molecule has 0 aromatic heterocycles. The van der Waals surface area contributed by atoms with Crippen molar-refractivity contribution in [2.45, 2.75) is 23.4 Å². The number of fused-ring (bicyclic) bond motifs is 1. The Labute approximate surface area is 114 Å². The first-order valence-corrected chi connectivity index (χ1v) is 7.29. The lowest BCUT2D eigenvalue weighted by Gasteiger charge is -2.17. The second-order valence-electron chi connectivity index (χ2n) is 4.59. The zero-order valence-corrected chi connectivity index (χ0v) is 11.3. The second-order valence-corrected chi connectivity index (χ2v) is 6.09. The summed E-state index contributed by atoms with van der Waals surface area (Å²) in [4.78, 5) is 0.652. The summed E-state index contributed by atoms with van der Waals surface area (Å²) >= 11 is 0. The van der Waals surface area contributed by atoms with Crippen molar-refractivity contribution in [2.75, 3.05) is 0 Å². The van der Waals surface area contributed by atoms with Crippen molar-refractivity contribution in [3.05, 3.63) is 59.7 Å². The Morgan fingerprint density at radius 3 is 2.53 bits per heavy atom. The van der Waals surface area contributed by atoms with Gasteiger partial charge in [-0.1, -0.05) is 42.0 Å². The van der Waals surface area contributed by atoms with Gasteiger partial charge in [0.2, 0.25) is 5.44 Å². The molecule has 19 heavy (non-hydrogen) atoms. The van der Waals surface area contributed by atoms with Crippen molar-refractivity contribution >= 4 is 10.8 Å². The minimum Gasteiger partial charge on any atom is -0.472 e. The maximum Gasteiger partial charge on any atom is 0.207 e. The minimum absolute atomic E-state index is 0.594. The summed E-state index contributed by atoms with van der Waals surface area (Å²) in [6, 6.07) is 14.7. The molecule has 3 nitrogen and oxygen atoms in total. The van der Waals surface area contributed by atoms with Crippen LogP contribution in [0.2, 0.25) is 0 Å². The molecule has 1 aliphatic heterocycles. The van der Waals surface area contributed by atoms with E-state index in [0.29, 0.717) is 10.6 Å². The molecule has 0 radical (unpaired) electrons. The molecule has 0 saturated carbocycles. The zero-order valence-electron chi connectivity index (χ0n) is 10.4. The van der Waals surface area contributed by atoms with Gasteiger partial charge in [0.05, 0.1) is 4.90 Å². The lowest BCUT2D eigenvalue weighted by molar-refractivity contribution is 0.0885. The van der Waals surface area contributed by atoms with Crippen molar-refractivity contribution in [3.8, 4) is 5.75 Å². The van der Waals surface area contributed by atoms with Gasteiger partial charge in [-0.05, 0) is 24.6 Å². The van der Waals surface area contributed by atoms with E-state index in [1.165, 1.54) is 0 Å².